The van der Waals surface area contributed by atoms with Crippen LogP contribution >= 0.6 is 0 Å². The van der Waals surface area contributed by atoms with Gasteiger partial charge in [0.2, 0.25) is 0 Å². The molecule has 4 nitrogen and oxygen atoms in total. The molecule has 0 spiro atoms. The molecule has 0 bridgehead atoms. The fraction of sp³-hybridized carbons (Fsp3) is 0.200. The Kier molecular flexibility index (Phi) is 1.96. The summed E-state index contributed by atoms with van der Waals surface area (Å²) >= 11 is 0. The number of rotatable bonds is 2. The number of hydrogen-bond donors (Lipinski definition) is 1. The van der Waals surface area contributed by atoms with E-state index >= 15 is 0 Å². The summed E-state index contributed by atoms with van der Waals surface area (Å²) in [5, 5.41) is 13.4. The van der Waals surface area contributed by atoms with Crippen molar-refractivity contribution < 1.29 is 14.4 Å². The number of aliphatic carboxylic acids is 1. The number of carboxylic acid groups (broad SMARTS) is 1. The normalized spacial score (nSPS) is 12.9. The Morgan fingerprint density at radius 1 is 1.50 bits per heavy atom. The van der Waals surface area contributed by atoms with Crippen LogP contribution in [0.2, 0.25) is 0 Å². The lowest BCUT2D eigenvalue weighted by Crippen LogP contribution is -2.07. The average molecular weight is 191 g/mol. The Balaban J connectivity index is 2.58. The number of benzene rings is 1. The molecular formula is C10H9NO3. The van der Waals surface area contributed by atoms with E-state index in [4.69, 9.17) is 9.63 Å². The van der Waals surface area contributed by atoms with Crippen molar-refractivity contribution in [2.45, 2.75) is 12.8 Å². The Labute approximate surface area is 80.1 Å². The van der Waals surface area contributed by atoms with Gasteiger partial charge in [0, 0.05) is 5.39 Å². The van der Waals surface area contributed by atoms with Crippen LogP contribution in [0.5, 0.6) is 0 Å². The molecule has 1 aromatic carbocycles. The molecule has 2 aromatic rings. The zero-order chi connectivity index (χ0) is 10.1. The minimum absolute atomic E-state index is 0.480. The van der Waals surface area contributed by atoms with Gasteiger partial charge in [-0.3, -0.25) is 4.79 Å². The maximum Gasteiger partial charge on any atom is 0.312 e. The molecule has 2 rings (SSSR count). The largest absolute Gasteiger partial charge is 0.481 e. The predicted octanol–water partition coefficient (Wildman–Crippen LogP) is 2.02. The van der Waals surface area contributed by atoms with E-state index in [2.05, 4.69) is 5.16 Å². The standard InChI is InChI=1S/C10H9NO3/c1-6(10(12)13)9-7-4-2-3-5-8(7)14-11-9/h2-6H,1H3,(H,12,13). The molecule has 72 valence electrons. The highest BCUT2D eigenvalue weighted by atomic mass is 16.5. The third kappa shape index (κ3) is 1.25. The van der Waals surface area contributed by atoms with Crippen LogP contribution in [-0.4, -0.2) is 16.2 Å². The summed E-state index contributed by atoms with van der Waals surface area (Å²) in [5.74, 6) is -1.54. The lowest BCUT2D eigenvalue weighted by molar-refractivity contribution is -0.138. The van der Waals surface area contributed by atoms with Crippen LogP contribution in [-0.2, 0) is 4.79 Å². The molecule has 1 unspecified atom stereocenters. The molecule has 0 aliphatic carbocycles. The fourth-order valence-corrected chi connectivity index (χ4v) is 1.33. The minimum atomic E-state index is -0.899. The molecule has 0 saturated carbocycles. The van der Waals surface area contributed by atoms with Crippen LogP contribution in [0.1, 0.15) is 18.5 Å². The molecule has 4 heteroatoms. The number of nitrogens with zero attached hydrogens (tertiary/aromatic N) is 1. The van der Waals surface area contributed by atoms with Crippen molar-refractivity contribution in [1.82, 2.24) is 5.16 Å². The minimum Gasteiger partial charge on any atom is -0.481 e. The molecule has 1 aromatic heterocycles. The van der Waals surface area contributed by atoms with Crippen LogP contribution in [0.3, 0.4) is 0 Å². The van der Waals surface area contributed by atoms with Crippen molar-refractivity contribution in [2.75, 3.05) is 0 Å². The van der Waals surface area contributed by atoms with E-state index in [-0.39, 0.29) is 0 Å². The van der Waals surface area contributed by atoms with E-state index in [1.807, 2.05) is 12.1 Å². The first-order valence-electron chi connectivity index (χ1n) is 4.27. The first-order valence-corrected chi connectivity index (χ1v) is 4.27. The van der Waals surface area contributed by atoms with Gasteiger partial charge in [0.1, 0.15) is 11.6 Å². The SMILES string of the molecule is CC(C(=O)O)c1noc2ccccc12. The smallest absolute Gasteiger partial charge is 0.312 e. The predicted molar refractivity (Wildman–Crippen MR) is 50.1 cm³/mol. The average Bonchev–Trinajstić information content (AvgIpc) is 2.60. The third-order valence-electron chi connectivity index (χ3n) is 2.19. The number of aromatic nitrogens is 1. The molecule has 0 aliphatic rings. The molecule has 1 N–H and O–H groups in total. The molecule has 1 atom stereocenters. The van der Waals surface area contributed by atoms with Crippen LogP contribution in [0.15, 0.2) is 28.8 Å². The van der Waals surface area contributed by atoms with Gasteiger partial charge < -0.3 is 9.63 Å². The summed E-state index contributed by atoms with van der Waals surface area (Å²) in [6.07, 6.45) is 0. The van der Waals surface area contributed by atoms with Gasteiger partial charge in [-0.05, 0) is 19.1 Å². The van der Waals surface area contributed by atoms with Gasteiger partial charge >= 0.3 is 5.97 Å². The van der Waals surface area contributed by atoms with Gasteiger partial charge in [-0.25, -0.2) is 0 Å². The van der Waals surface area contributed by atoms with Crippen molar-refractivity contribution in [3.63, 3.8) is 0 Å². The van der Waals surface area contributed by atoms with Gasteiger partial charge in [0.25, 0.3) is 0 Å². The number of carboxylic acids is 1. The highest BCUT2D eigenvalue weighted by Crippen LogP contribution is 2.24. The van der Waals surface area contributed by atoms with Crippen molar-refractivity contribution >= 4 is 16.9 Å². The topological polar surface area (TPSA) is 63.3 Å². The van der Waals surface area contributed by atoms with E-state index in [1.54, 1.807) is 19.1 Å². The second kappa shape index (κ2) is 3.14. The van der Waals surface area contributed by atoms with Gasteiger partial charge in [0.05, 0.1) is 0 Å². The Morgan fingerprint density at radius 2 is 2.21 bits per heavy atom. The number of fused-ring (bicyclic) bond motifs is 1. The number of hydrogen-bond acceptors (Lipinski definition) is 3. The van der Waals surface area contributed by atoms with Gasteiger partial charge in [0.15, 0.2) is 5.58 Å². The van der Waals surface area contributed by atoms with E-state index in [1.165, 1.54) is 0 Å². The van der Waals surface area contributed by atoms with Crippen molar-refractivity contribution in [3.8, 4) is 0 Å². The lowest BCUT2D eigenvalue weighted by atomic mass is 10.0. The van der Waals surface area contributed by atoms with Crippen LogP contribution in [0.25, 0.3) is 11.0 Å². The lowest BCUT2D eigenvalue weighted by Gasteiger charge is -2.00. The van der Waals surface area contributed by atoms with Crippen molar-refractivity contribution in [2.24, 2.45) is 0 Å². The Bertz CT molecular complexity index is 475. The fourth-order valence-electron chi connectivity index (χ4n) is 1.33. The van der Waals surface area contributed by atoms with Gasteiger partial charge in [-0.1, -0.05) is 17.3 Å². The van der Waals surface area contributed by atoms with E-state index in [9.17, 15) is 4.79 Å². The Hall–Kier alpha value is -1.84. The summed E-state index contributed by atoms with van der Waals surface area (Å²) in [6, 6.07) is 7.22. The summed E-state index contributed by atoms with van der Waals surface area (Å²) in [6.45, 7) is 1.59. The molecule has 0 fully saturated rings. The second-order valence-corrected chi connectivity index (χ2v) is 3.12. The monoisotopic (exact) mass is 191 g/mol. The van der Waals surface area contributed by atoms with Gasteiger partial charge in [-0.2, -0.15) is 0 Å². The molecular weight excluding hydrogens is 182 g/mol. The van der Waals surface area contributed by atoms with Crippen molar-refractivity contribution in [3.05, 3.63) is 30.0 Å². The maximum absolute atomic E-state index is 10.8. The summed E-state index contributed by atoms with van der Waals surface area (Å²) in [5.41, 5.74) is 1.10. The summed E-state index contributed by atoms with van der Waals surface area (Å²) in [4.78, 5) is 10.8. The molecule has 14 heavy (non-hydrogen) atoms. The van der Waals surface area contributed by atoms with Crippen LogP contribution < -0.4 is 0 Å². The molecule has 1 heterocycles. The first-order chi connectivity index (χ1) is 6.70. The summed E-state index contributed by atoms with van der Waals surface area (Å²) in [7, 11) is 0. The maximum atomic E-state index is 10.8. The number of para-hydroxylation sites is 1. The molecule has 0 aliphatic heterocycles. The van der Waals surface area contributed by atoms with Gasteiger partial charge in [-0.15, -0.1) is 0 Å². The zero-order valence-electron chi connectivity index (χ0n) is 7.60. The summed E-state index contributed by atoms with van der Waals surface area (Å²) < 4.78 is 5.01. The zero-order valence-corrected chi connectivity index (χ0v) is 7.60. The second-order valence-electron chi connectivity index (χ2n) is 3.12. The molecule has 0 saturated heterocycles. The quantitative estimate of drug-likeness (QED) is 0.788. The van der Waals surface area contributed by atoms with E-state index < -0.39 is 11.9 Å². The van der Waals surface area contributed by atoms with E-state index in [0.29, 0.717) is 11.3 Å². The molecule has 0 amide bonds. The first kappa shape index (κ1) is 8.74. The van der Waals surface area contributed by atoms with Crippen LogP contribution in [0, 0.1) is 0 Å². The third-order valence-corrected chi connectivity index (χ3v) is 2.19. The highest BCUT2D eigenvalue weighted by Gasteiger charge is 2.20. The van der Waals surface area contributed by atoms with Crippen molar-refractivity contribution in [1.29, 1.82) is 0 Å². The number of carbonyl (C=O) groups is 1. The Morgan fingerprint density at radius 3 is 2.93 bits per heavy atom. The van der Waals surface area contributed by atoms with Crippen LogP contribution in [0.4, 0.5) is 0 Å². The highest BCUT2D eigenvalue weighted by molar-refractivity contribution is 5.86. The molecule has 0 radical (unpaired) electrons. The van der Waals surface area contributed by atoms with E-state index in [0.717, 1.165) is 5.39 Å².